The van der Waals surface area contributed by atoms with E-state index >= 15 is 0 Å². The van der Waals surface area contributed by atoms with Crippen molar-refractivity contribution in [3.63, 3.8) is 0 Å². The smallest absolute Gasteiger partial charge is 0.0967 e. The summed E-state index contributed by atoms with van der Waals surface area (Å²) < 4.78 is 2.20. The first kappa shape index (κ1) is 13.7. The predicted molar refractivity (Wildman–Crippen MR) is 87.2 cm³/mol. The Balaban J connectivity index is 1.86. The molecule has 0 bridgehead atoms. The molecule has 4 heteroatoms. The van der Waals surface area contributed by atoms with Gasteiger partial charge in [-0.05, 0) is 42.3 Å². The van der Waals surface area contributed by atoms with Gasteiger partial charge in [0.2, 0.25) is 0 Å². The van der Waals surface area contributed by atoms with Crippen LogP contribution in [0.25, 0.3) is 10.2 Å². The lowest BCUT2D eigenvalue weighted by Gasteiger charge is -2.12. The summed E-state index contributed by atoms with van der Waals surface area (Å²) in [6, 6.07) is 14.0. The molecule has 0 aliphatic heterocycles. The molecule has 0 saturated carbocycles. The number of fused-ring (bicyclic) bond motifs is 1. The molecule has 0 spiro atoms. The van der Waals surface area contributed by atoms with Crippen LogP contribution in [0.2, 0.25) is 0 Å². The molecular formula is C16H14BrNOS. The van der Waals surface area contributed by atoms with E-state index in [-0.39, 0.29) is 0 Å². The summed E-state index contributed by atoms with van der Waals surface area (Å²) >= 11 is 5.09. The molecule has 0 aliphatic carbocycles. The summed E-state index contributed by atoms with van der Waals surface area (Å²) in [6.45, 7) is 2.02. The second kappa shape index (κ2) is 5.64. The van der Waals surface area contributed by atoms with Gasteiger partial charge in [0.25, 0.3) is 0 Å². The van der Waals surface area contributed by atoms with E-state index < -0.39 is 6.10 Å². The molecule has 0 radical (unpaired) electrons. The Kier molecular flexibility index (Phi) is 3.87. The van der Waals surface area contributed by atoms with Gasteiger partial charge < -0.3 is 5.11 Å². The fraction of sp³-hybridized carbons (Fsp3) is 0.188. The Hall–Kier alpha value is -1.23. The van der Waals surface area contributed by atoms with Crippen molar-refractivity contribution in [2.24, 2.45) is 0 Å². The van der Waals surface area contributed by atoms with Crippen molar-refractivity contribution < 1.29 is 5.11 Å². The summed E-state index contributed by atoms with van der Waals surface area (Å²) in [5.74, 6) is 0. The highest BCUT2D eigenvalue weighted by Crippen LogP contribution is 2.28. The zero-order chi connectivity index (χ0) is 14.1. The second-order valence-corrected chi connectivity index (χ2v) is 6.83. The molecule has 102 valence electrons. The van der Waals surface area contributed by atoms with Crippen LogP contribution in [0.15, 0.2) is 46.9 Å². The zero-order valence-electron chi connectivity index (χ0n) is 11.0. The standard InChI is InChI=1S/C16H14BrNOS/c1-10-8-11(17)6-7-12(10)14(19)9-16-18-13-4-2-3-5-15(13)20-16/h2-8,14,19H,9H2,1H3. The van der Waals surface area contributed by atoms with E-state index in [9.17, 15) is 5.11 Å². The minimum atomic E-state index is -0.510. The number of benzene rings is 2. The van der Waals surface area contributed by atoms with Crippen molar-refractivity contribution in [3.05, 3.63) is 63.1 Å². The van der Waals surface area contributed by atoms with E-state index in [1.165, 1.54) is 4.70 Å². The first-order valence-electron chi connectivity index (χ1n) is 6.42. The van der Waals surface area contributed by atoms with Crippen molar-refractivity contribution in [1.29, 1.82) is 0 Å². The largest absolute Gasteiger partial charge is 0.388 e. The van der Waals surface area contributed by atoms with Crippen LogP contribution in [-0.2, 0) is 6.42 Å². The molecule has 0 fully saturated rings. The van der Waals surface area contributed by atoms with Gasteiger partial charge in [-0.2, -0.15) is 0 Å². The van der Waals surface area contributed by atoms with Crippen LogP contribution in [0.1, 0.15) is 22.2 Å². The lowest BCUT2D eigenvalue weighted by atomic mass is 10.0. The molecule has 2 aromatic carbocycles. The molecule has 0 aliphatic rings. The summed E-state index contributed by atoms with van der Waals surface area (Å²) in [5.41, 5.74) is 3.06. The first-order chi connectivity index (χ1) is 9.63. The SMILES string of the molecule is Cc1cc(Br)ccc1C(O)Cc1nc2ccccc2s1. The van der Waals surface area contributed by atoms with E-state index in [2.05, 4.69) is 27.0 Å². The molecule has 0 saturated heterocycles. The number of aliphatic hydroxyl groups excluding tert-OH is 1. The van der Waals surface area contributed by atoms with Gasteiger partial charge in [0.05, 0.1) is 21.3 Å². The molecule has 3 rings (SSSR count). The number of aryl methyl sites for hydroxylation is 1. The third-order valence-corrected chi connectivity index (χ3v) is 4.85. The summed E-state index contributed by atoms with van der Waals surface area (Å²) in [4.78, 5) is 4.57. The fourth-order valence-electron chi connectivity index (χ4n) is 2.30. The minimum absolute atomic E-state index is 0.510. The highest BCUT2D eigenvalue weighted by molar-refractivity contribution is 9.10. The molecule has 1 aromatic heterocycles. The van der Waals surface area contributed by atoms with Gasteiger partial charge >= 0.3 is 0 Å². The molecule has 3 aromatic rings. The summed E-state index contributed by atoms with van der Waals surface area (Å²) in [5, 5.41) is 11.4. The molecule has 1 N–H and O–H groups in total. The van der Waals surface area contributed by atoms with Crippen molar-refractivity contribution in [1.82, 2.24) is 4.98 Å². The third kappa shape index (κ3) is 2.77. The lowest BCUT2D eigenvalue weighted by Crippen LogP contribution is -2.03. The molecular weight excluding hydrogens is 334 g/mol. The number of nitrogens with zero attached hydrogens (tertiary/aromatic N) is 1. The van der Waals surface area contributed by atoms with Crippen LogP contribution in [0.5, 0.6) is 0 Å². The molecule has 0 amide bonds. The van der Waals surface area contributed by atoms with Gasteiger partial charge in [-0.3, -0.25) is 0 Å². The van der Waals surface area contributed by atoms with Gasteiger partial charge in [-0.1, -0.05) is 34.1 Å². The van der Waals surface area contributed by atoms with Crippen LogP contribution in [-0.4, -0.2) is 10.1 Å². The van der Waals surface area contributed by atoms with Crippen molar-refractivity contribution in [2.75, 3.05) is 0 Å². The van der Waals surface area contributed by atoms with E-state index in [1.54, 1.807) is 11.3 Å². The van der Waals surface area contributed by atoms with Gasteiger partial charge in [0.1, 0.15) is 0 Å². The lowest BCUT2D eigenvalue weighted by molar-refractivity contribution is 0.177. The number of halogens is 1. The van der Waals surface area contributed by atoms with Crippen LogP contribution < -0.4 is 0 Å². The van der Waals surface area contributed by atoms with E-state index in [1.807, 2.05) is 43.3 Å². The number of hydrogen-bond donors (Lipinski definition) is 1. The van der Waals surface area contributed by atoms with Gasteiger partial charge in [-0.15, -0.1) is 11.3 Å². The zero-order valence-corrected chi connectivity index (χ0v) is 13.4. The quantitative estimate of drug-likeness (QED) is 0.748. The minimum Gasteiger partial charge on any atom is -0.388 e. The van der Waals surface area contributed by atoms with Crippen molar-refractivity contribution in [3.8, 4) is 0 Å². The number of hydrogen-bond acceptors (Lipinski definition) is 3. The van der Waals surface area contributed by atoms with Gasteiger partial charge in [0.15, 0.2) is 0 Å². The number of rotatable bonds is 3. The van der Waals surface area contributed by atoms with Gasteiger partial charge in [-0.25, -0.2) is 4.98 Å². The number of aliphatic hydroxyl groups is 1. The average Bonchev–Trinajstić information content (AvgIpc) is 2.80. The highest BCUT2D eigenvalue weighted by Gasteiger charge is 2.14. The Morgan fingerprint density at radius 3 is 2.80 bits per heavy atom. The maximum atomic E-state index is 10.4. The average molecular weight is 348 g/mol. The highest BCUT2D eigenvalue weighted by atomic mass is 79.9. The Bertz CT molecular complexity index is 720. The van der Waals surface area contributed by atoms with Crippen LogP contribution >= 0.6 is 27.3 Å². The Morgan fingerprint density at radius 2 is 2.05 bits per heavy atom. The normalized spacial score (nSPS) is 12.8. The maximum Gasteiger partial charge on any atom is 0.0967 e. The van der Waals surface area contributed by atoms with E-state index in [0.717, 1.165) is 26.1 Å². The predicted octanol–water partition coefficient (Wildman–Crippen LogP) is 4.64. The van der Waals surface area contributed by atoms with E-state index in [4.69, 9.17) is 0 Å². The van der Waals surface area contributed by atoms with Crippen LogP contribution in [0.3, 0.4) is 0 Å². The van der Waals surface area contributed by atoms with Crippen LogP contribution in [0, 0.1) is 6.92 Å². The molecule has 1 unspecified atom stereocenters. The molecule has 2 nitrogen and oxygen atoms in total. The van der Waals surface area contributed by atoms with Crippen molar-refractivity contribution in [2.45, 2.75) is 19.4 Å². The fourth-order valence-corrected chi connectivity index (χ4v) is 3.78. The number of thiazole rings is 1. The van der Waals surface area contributed by atoms with Crippen LogP contribution in [0.4, 0.5) is 0 Å². The molecule has 1 atom stereocenters. The van der Waals surface area contributed by atoms with Gasteiger partial charge in [0, 0.05) is 10.9 Å². The summed E-state index contributed by atoms with van der Waals surface area (Å²) in [6.07, 6.45) is 0.0469. The maximum absolute atomic E-state index is 10.4. The second-order valence-electron chi connectivity index (χ2n) is 4.80. The molecule has 20 heavy (non-hydrogen) atoms. The Labute approximate surface area is 130 Å². The number of para-hydroxylation sites is 1. The number of aromatic nitrogens is 1. The summed E-state index contributed by atoms with van der Waals surface area (Å²) in [7, 11) is 0. The molecule has 1 heterocycles. The topological polar surface area (TPSA) is 33.1 Å². The third-order valence-electron chi connectivity index (χ3n) is 3.30. The van der Waals surface area contributed by atoms with E-state index in [0.29, 0.717) is 6.42 Å². The first-order valence-corrected chi connectivity index (χ1v) is 8.03. The van der Waals surface area contributed by atoms with Crippen molar-refractivity contribution >= 4 is 37.5 Å². The Morgan fingerprint density at radius 1 is 1.25 bits per heavy atom. The monoisotopic (exact) mass is 347 g/mol.